The predicted octanol–water partition coefficient (Wildman–Crippen LogP) is 3.08. The maximum atomic E-state index is 12.8. The van der Waals surface area contributed by atoms with Gasteiger partial charge in [0.1, 0.15) is 11.8 Å². The van der Waals surface area contributed by atoms with Crippen molar-refractivity contribution in [3.8, 4) is 0 Å². The van der Waals surface area contributed by atoms with Crippen LogP contribution in [0.4, 0.5) is 18.9 Å². The summed E-state index contributed by atoms with van der Waals surface area (Å²) in [5.41, 5.74) is 1.41. The van der Waals surface area contributed by atoms with Gasteiger partial charge in [0, 0.05) is 36.8 Å². The molecule has 1 N–H and O–H groups in total. The van der Waals surface area contributed by atoms with Gasteiger partial charge in [-0.15, -0.1) is 0 Å². The summed E-state index contributed by atoms with van der Waals surface area (Å²) in [6, 6.07) is 2.44. The molecule has 1 aliphatic heterocycles. The number of nitrogens with zero attached hydrogens (tertiary/aromatic N) is 3. The Bertz CT molecular complexity index is 698. The molecule has 2 atom stereocenters. The average molecular weight is 326 g/mol. The fourth-order valence-electron chi connectivity index (χ4n) is 2.73. The molecule has 5 nitrogen and oxygen atoms in total. The summed E-state index contributed by atoms with van der Waals surface area (Å²) in [5, 5.41) is 7.34. The van der Waals surface area contributed by atoms with Gasteiger partial charge >= 0.3 is 6.18 Å². The molecule has 8 heteroatoms. The molecule has 1 saturated heterocycles. The molecule has 0 unspecified atom stereocenters. The van der Waals surface area contributed by atoms with Crippen molar-refractivity contribution in [3.05, 3.63) is 41.5 Å². The first-order valence-electron chi connectivity index (χ1n) is 7.26. The van der Waals surface area contributed by atoms with Crippen molar-refractivity contribution in [1.29, 1.82) is 0 Å². The molecule has 1 aliphatic rings. The third kappa shape index (κ3) is 3.17. The van der Waals surface area contributed by atoms with Gasteiger partial charge in [-0.1, -0.05) is 0 Å². The number of pyridine rings is 1. The Balaban J connectivity index is 1.81. The van der Waals surface area contributed by atoms with Crippen molar-refractivity contribution in [2.24, 2.45) is 7.05 Å². The lowest BCUT2D eigenvalue weighted by Crippen LogP contribution is -2.24. The zero-order valence-electron chi connectivity index (χ0n) is 12.8. The summed E-state index contributed by atoms with van der Waals surface area (Å²) in [7, 11) is 1.84. The first-order valence-corrected chi connectivity index (χ1v) is 7.26. The first-order chi connectivity index (χ1) is 10.9. The molecule has 0 spiro atoms. The zero-order valence-corrected chi connectivity index (χ0v) is 12.8. The quantitative estimate of drug-likeness (QED) is 0.942. The standard InChI is InChI=1S/C15H17F3N4O/c1-9-11(8-20-22(9)2)14-12(4-6-23-14)21-10-3-5-19-13(7-10)15(16,17)18/h3,5,7-8,12,14H,4,6H2,1-2H3,(H,19,21)/t12-,14+/m0/s1. The highest BCUT2D eigenvalue weighted by Crippen LogP contribution is 2.34. The van der Waals surface area contributed by atoms with Crippen LogP contribution in [0.5, 0.6) is 0 Å². The lowest BCUT2D eigenvalue weighted by Gasteiger charge is -2.21. The Kier molecular flexibility index (Phi) is 4.01. The lowest BCUT2D eigenvalue weighted by atomic mass is 10.0. The Morgan fingerprint density at radius 2 is 2.17 bits per heavy atom. The van der Waals surface area contributed by atoms with E-state index in [1.165, 1.54) is 6.07 Å². The van der Waals surface area contributed by atoms with Gasteiger partial charge in [0.05, 0.1) is 12.2 Å². The van der Waals surface area contributed by atoms with Crippen LogP contribution in [0.15, 0.2) is 24.5 Å². The van der Waals surface area contributed by atoms with Crippen molar-refractivity contribution < 1.29 is 17.9 Å². The van der Waals surface area contributed by atoms with Gasteiger partial charge in [-0.25, -0.2) is 0 Å². The minimum Gasteiger partial charge on any atom is -0.379 e. The maximum Gasteiger partial charge on any atom is 0.433 e. The highest BCUT2D eigenvalue weighted by Gasteiger charge is 2.34. The van der Waals surface area contributed by atoms with Gasteiger partial charge in [0.15, 0.2) is 0 Å². The summed E-state index contributed by atoms with van der Waals surface area (Å²) in [6.45, 7) is 2.49. The first kappa shape index (κ1) is 15.8. The smallest absolute Gasteiger partial charge is 0.379 e. The number of nitrogens with one attached hydrogen (secondary N) is 1. The van der Waals surface area contributed by atoms with E-state index in [4.69, 9.17) is 4.74 Å². The molecule has 0 amide bonds. The molecule has 3 rings (SSSR count). The Hall–Kier alpha value is -2.09. The zero-order chi connectivity index (χ0) is 16.6. The van der Waals surface area contributed by atoms with Crippen molar-refractivity contribution in [2.75, 3.05) is 11.9 Å². The average Bonchev–Trinajstić information content (AvgIpc) is 3.06. The minimum atomic E-state index is -4.46. The largest absolute Gasteiger partial charge is 0.433 e. The van der Waals surface area contributed by atoms with E-state index in [0.717, 1.165) is 23.5 Å². The molecule has 1 fully saturated rings. The molecule has 23 heavy (non-hydrogen) atoms. The van der Waals surface area contributed by atoms with E-state index in [0.29, 0.717) is 18.7 Å². The van der Waals surface area contributed by atoms with E-state index >= 15 is 0 Å². The summed E-state index contributed by atoms with van der Waals surface area (Å²) < 4.78 is 45.8. The van der Waals surface area contributed by atoms with E-state index in [1.54, 1.807) is 10.9 Å². The number of rotatable bonds is 3. The summed E-state index contributed by atoms with van der Waals surface area (Å²) >= 11 is 0. The molecule has 2 aromatic rings. The van der Waals surface area contributed by atoms with Crippen LogP contribution in [0.25, 0.3) is 0 Å². The summed E-state index contributed by atoms with van der Waals surface area (Å²) in [4.78, 5) is 3.37. The fraction of sp³-hybridized carbons (Fsp3) is 0.467. The van der Waals surface area contributed by atoms with Crippen LogP contribution in [-0.2, 0) is 18.0 Å². The van der Waals surface area contributed by atoms with Crippen LogP contribution >= 0.6 is 0 Å². The molecule has 0 bridgehead atoms. The van der Waals surface area contributed by atoms with Crippen LogP contribution in [0.3, 0.4) is 0 Å². The molecule has 0 saturated carbocycles. The van der Waals surface area contributed by atoms with Crippen molar-refractivity contribution in [3.63, 3.8) is 0 Å². The second-order valence-corrected chi connectivity index (χ2v) is 5.57. The second-order valence-electron chi connectivity index (χ2n) is 5.57. The van der Waals surface area contributed by atoms with Gasteiger partial charge in [0.25, 0.3) is 0 Å². The second kappa shape index (κ2) is 5.84. The number of ether oxygens (including phenoxy) is 1. The van der Waals surface area contributed by atoms with E-state index in [9.17, 15) is 13.2 Å². The molecule has 2 aromatic heterocycles. The Labute approximate surface area is 131 Å². The third-order valence-corrected chi connectivity index (χ3v) is 4.07. The van der Waals surface area contributed by atoms with Gasteiger partial charge in [-0.3, -0.25) is 9.67 Å². The molecule has 124 valence electrons. The molecular weight excluding hydrogens is 309 g/mol. The van der Waals surface area contributed by atoms with Crippen LogP contribution in [-0.4, -0.2) is 27.4 Å². The number of alkyl halides is 3. The fourth-order valence-corrected chi connectivity index (χ4v) is 2.73. The van der Waals surface area contributed by atoms with Crippen LogP contribution < -0.4 is 5.32 Å². The van der Waals surface area contributed by atoms with Crippen LogP contribution in [0.1, 0.15) is 29.5 Å². The van der Waals surface area contributed by atoms with Gasteiger partial charge in [0.2, 0.25) is 0 Å². The minimum absolute atomic E-state index is 0.110. The number of anilines is 1. The molecule has 0 radical (unpaired) electrons. The summed E-state index contributed by atoms with van der Waals surface area (Å²) in [6.07, 6.45) is -1.07. The van der Waals surface area contributed by atoms with Crippen molar-refractivity contribution in [2.45, 2.75) is 31.7 Å². The Morgan fingerprint density at radius 1 is 1.39 bits per heavy atom. The number of halogens is 3. The topological polar surface area (TPSA) is 52.0 Å². The SMILES string of the molecule is Cc1c([C@H]2OCC[C@@H]2Nc2ccnc(C(F)(F)F)c2)cnn1C. The molecule has 0 aromatic carbocycles. The normalized spacial score (nSPS) is 21.6. The molecule has 3 heterocycles. The molecular formula is C15H17F3N4O. The number of hydrogen-bond acceptors (Lipinski definition) is 4. The number of aryl methyl sites for hydroxylation is 1. The van der Waals surface area contributed by atoms with Crippen LogP contribution in [0, 0.1) is 6.92 Å². The highest BCUT2D eigenvalue weighted by molar-refractivity contribution is 5.45. The summed E-state index contributed by atoms with van der Waals surface area (Å²) in [5.74, 6) is 0. The van der Waals surface area contributed by atoms with E-state index in [-0.39, 0.29) is 12.1 Å². The highest BCUT2D eigenvalue weighted by atomic mass is 19.4. The Morgan fingerprint density at radius 3 is 2.83 bits per heavy atom. The van der Waals surface area contributed by atoms with Crippen LogP contribution in [0.2, 0.25) is 0 Å². The van der Waals surface area contributed by atoms with E-state index in [1.807, 2.05) is 14.0 Å². The van der Waals surface area contributed by atoms with E-state index in [2.05, 4.69) is 15.4 Å². The third-order valence-electron chi connectivity index (χ3n) is 4.07. The van der Waals surface area contributed by atoms with E-state index < -0.39 is 11.9 Å². The van der Waals surface area contributed by atoms with Gasteiger partial charge in [-0.05, 0) is 25.5 Å². The van der Waals surface area contributed by atoms with Gasteiger partial charge < -0.3 is 10.1 Å². The lowest BCUT2D eigenvalue weighted by molar-refractivity contribution is -0.141. The molecule has 0 aliphatic carbocycles. The number of hydrogen-bond donors (Lipinski definition) is 1. The number of aromatic nitrogens is 3. The predicted molar refractivity (Wildman–Crippen MR) is 77.9 cm³/mol. The monoisotopic (exact) mass is 326 g/mol. The van der Waals surface area contributed by atoms with Crippen molar-refractivity contribution in [1.82, 2.24) is 14.8 Å². The van der Waals surface area contributed by atoms with Crippen molar-refractivity contribution >= 4 is 5.69 Å². The maximum absolute atomic E-state index is 12.8. The van der Waals surface area contributed by atoms with Gasteiger partial charge in [-0.2, -0.15) is 18.3 Å².